The van der Waals surface area contributed by atoms with E-state index in [1.165, 1.54) is 0 Å². The summed E-state index contributed by atoms with van der Waals surface area (Å²) in [6, 6.07) is 17.4. The number of nitrogens with two attached hydrogens (primary N) is 1. The Labute approximate surface area is 131 Å². The molecule has 0 aliphatic rings. The maximum atomic E-state index is 12.6. The summed E-state index contributed by atoms with van der Waals surface area (Å²) >= 11 is 0. The topological polar surface area (TPSA) is 55.6 Å². The number of hydrogen-bond donors (Lipinski definition) is 1. The van der Waals surface area contributed by atoms with E-state index in [1.54, 1.807) is 19.1 Å². The van der Waals surface area contributed by atoms with Crippen LogP contribution >= 0.6 is 0 Å². The largest absolute Gasteiger partial charge is 0.497 e. The number of methoxy groups -OCH3 is 1. The fourth-order valence-corrected chi connectivity index (χ4v) is 2.45. The SMILES string of the molecule is COc1cccc(CN(C)C(=O)C(CN)c2ccccc2)c1. The van der Waals surface area contributed by atoms with E-state index < -0.39 is 0 Å². The van der Waals surface area contributed by atoms with E-state index in [-0.39, 0.29) is 11.8 Å². The molecule has 0 aromatic heterocycles. The van der Waals surface area contributed by atoms with Gasteiger partial charge in [-0.1, -0.05) is 42.5 Å². The van der Waals surface area contributed by atoms with Crippen molar-refractivity contribution in [3.8, 4) is 5.75 Å². The van der Waals surface area contributed by atoms with Crippen molar-refractivity contribution in [3.05, 3.63) is 65.7 Å². The minimum atomic E-state index is -0.309. The van der Waals surface area contributed by atoms with Crippen LogP contribution in [0.25, 0.3) is 0 Å². The average Bonchev–Trinajstić information content (AvgIpc) is 2.56. The summed E-state index contributed by atoms with van der Waals surface area (Å²) in [4.78, 5) is 14.4. The molecule has 0 aliphatic heterocycles. The first-order valence-electron chi connectivity index (χ1n) is 7.28. The first-order chi connectivity index (χ1) is 10.7. The van der Waals surface area contributed by atoms with Crippen LogP contribution in [0.1, 0.15) is 17.0 Å². The Morgan fingerprint density at radius 1 is 1.18 bits per heavy atom. The molecule has 0 fully saturated rings. The quantitative estimate of drug-likeness (QED) is 0.891. The van der Waals surface area contributed by atoms with Crippen LogP contribution in [0.3, 0.4) is 0 Å². The van der Waals surface area contributed by atoms with Crippen LogP contribution in [-0.4, -0.2) is 31.5 Å². The summed E-state index contributed by atoms with van der Waals surface area (Å²) in [6.07, 6.45) is 0. The molecule has 2 aromatic carbocycles. The van der Waals surface area contributed by atoms with E-state index in [0.717, 1.165) is 16.9 Å². The minimum absolute atomic E-state index is 0.0246. The summed E-state index contributed by atoms with van der Waals surface area (Å²) in [5.74, 6) is 0.505. The Kier molecular flexibility index (Phi) is 5.55. The summed E-state index contributed by atoms with van der Waals surface area (Å²) in [5.41, 5.74) is 7.79. The van der Waals surface area contributed by atoms with Gasteiger partial charge >= 0.3 is 0 Å². The van der Waals surface area contributed by atoms with E-state index >= 15 is 0 Å². The zero-order valence-electron chi connectivity index (χ0n) is 13.0. The van der Waals surface area contributed by atoms with Gasteiger partial charge in [-0.05, 0) is 23.3 Å². The lowest BCUT2D eigenvalue weighted by molar-refractivity contribution is -0.131. The number of carbonyl (C=O) groups is 1. The molecule has 2 N–H and O–H groups in total. The van der Waals surface area contributed by atoms with Gasteiger partial charge in [0.05, 0.1) is 13.0 Å². The molecular weight excluding hydrogens is 276 g/mol. The van der Waals surface area contributed by atoms with Gasteiger partial charge in [0.25, 0.3) is 0 Å². The molecular formula is C18H22N2O2. The van der Waals surface area contributed by atoms with Gasteiger partial charge in [-0.3, -0.25) is 4.79 Å². The lowest BCUT2D eigenvalue weighted by Gasteiger charge is -2.23. The van der Waals surface area contributed by atoms with Crippen LogP contribution < -0.4 is 10.5 Å². The molecule has 0 aliphatic carbocycles. The first kappa shape index (κ1) is 16.0. The summed E-state index contributed by atoms with van der Waals surface area (Å²) in [6.45, 7) is 0.824. The molecule has 4 heteroatoms. The molecule has 22 heavy (non-hydrogen) atoms. The number of hydrogen-bond acceptors (Lipinski definition) is 3. The lowest BCUT2D eigenvalue weighted by atomic mass is 9.97. The number of amides is 1. The van der Waals surface area contributed by atoms with Crippen LogP contribution in [0.2, 0.25) is 0 Å². The predicted octanol–water partition coefficient (Wildman–Crippen LogP) is 2.40. The zero-order chi connectivity index (χ0) is 15.9. The minimum Gasteiger partial charge on any atom is -0.497 e. The summed E-state index contributed by atoms with van der Waals surface area (Å²) in [7, 11) is 3.43. The van der Waals surface area contributed by atoms with Crippen LogP contribution in [0.5, 0.6) is 5.75 Å². The second-order valence-electron chi connectivity index (χ2n) is 5.24. The van der Waals surface area contributed by atoms with Crippen LogP contribution in [-0.2, 0) is 11.3 Å². The Bertz CT molecular complexity index is 613. The maximum Gasteiger partial charge on any atom is 0.231 e. The number of benzene rings is 2. The van der Waals surface area contributed by atoms with Gasteiger partial charge in [0.15, 0.2) is 0 Å². The molecule has 1 unspecified atom stereocenters. The van der Waals surface area contributed by atoms with Crippen LogP contribution in [0.15, 0.2) is 54.6 Å². The summed E-state index contributed by atoms with van der Waals surface area (Å²) in [5, 5.41) is 0. The van der Waals surface area contributed by atoms with Crippen molar-refractivity contribution in [2.24, 2.45) is 5.73 Å². The van der Waals surface area contributed by atoms with Crippen LogP contribution in [0.4, 0.5) is 0 Å². The number of likely N-dealkylation sites (N-methyl/N-ethyl adjacent to an activating group) is 1. The molecule has 2 aromatic rings. The van der Waals surface area contributed by atoms with Crippen molar-refractivity contribution in [1.82, 2.24) is 4.90 Å². The molecule has 0 saturated carbocycles. The predicted molar refractivity (Wildman–Crippen MR) is 87.7 cm³/mol. The molecule has 4 nitrogen and oxygen atoms in total. The Balaban J connectivity index is 2.10. The average molecular weight is 298 g/mol. The van der Waals surface area contributed by atoms with Crippen molar-refractivity contribution in [3.63, 3.8) is 0 Å². The Morgan fingerprint density at radius 2 is 1.91 bits per heavy atom. The second kappa shape index (κ2) is 7.61. The highest BCUT2D eigenvalue weighted by Crippen LogP contribution is 2.19. The first-order valence-corrected chi connectivity index (χ1v) is 7.28. The summed E-state index contributed by atoms with van der Waals surface area (Å²) < 4.78 is 5.21. The number of carbonyl (C=O) groups excluding carboxylic acids is 1. The molecule has 2 rings (SSSR count). The van der Waals surface area contributed by atoms with Gasteiger partial charge in [0.1, 0.15) is 5.75 Å². The normalized spacial score (nSPS) is 11.8. The van der Waals surface area contributed by atoms with Crippen molar-refractivity contribution >= 4 is 5.91 Å². The smallest absolute Gasteiger partial charge is 0.231 e. The van der Waals surface area contributed by atoms with E-state index in [4.69, 9.17) is 10.5 Å². The van der Waals surface area contributed by atoms with Gasteiger partial charge in [0, 0.05) is 20.1 Å². The van der Waals surface area contributed by atoms with Crippen molar-refractivity contribution < 1.29 is 9.53 Å². The van der Waals surface area contributed by atoms with Crippen molar-refractivity contribution in [2.45, 2.75) is 12.5 Å². The Hall–Kier alpha value is -2.33. The number of ether oxygens (including phenoxy) is 1. The number of nitrogens with zero attached hydrogens (tertiary/aromatic N) is 1. The molecule has 0 spiro atoms. The third-order valence-corrected chi connectivity index (χ3v) is 3.67. The highest BCUT2D eigenvalue weighted by molar-refractivity contribution is 5.83. The molecule has 1 amide bonds. The van der Waals surface area contributed by atoms with Crippen molar-refractivity contribution in [1.29, 1.82) is 0 Å². The second-order valence-corrected chi connectivity index (χ2v) is 5.24. The highest BCUT2D eigenvalue weighted by atomic mass is 16.5. The molecule has 0 bridgehead atoms. The van der Waals surface area contributed by atoms with E-state index in [2.05, 4.69) is 0 Å². The standard InChI is InChI=1S/C18H22N2O2/c1-20(13-14-7-6-10-16(11-14)22-2)18(21)17(12-19)15-8-4-3-5-9-15/h3-11,17H,12-13,19H2,1-2H3. The fourth-order valence-electron chi connectivity index (χ4n) is 2.45. The van der Waals surface area contributed by atoms with Gasteiger partial charge in [-0.2, -0.15) is 0 Å². The third kappa shape index (κ3) is 3.86. The molecule has 116 valence electrons. The molecule has 0 radical (unpaired) electrons. The maximum absolute atomic E-state index is 12.6. The Morgan fingerprint density at radius 3 is 2.55 bits per heavy atom. The lowest BCUT2D eigenvalue weighted by Crippen LogP contribution is -2.34. The van der Waals surface area contributed by atoms with Gasteiger partial charge < -0.3 is 15.4 Å². The van der Waals surface area contributed by atoms with E-state index in [0.29, 0.717) is 13.1 Å². The van der Waals surface area contributed by atoms with Gasteiger partial charge in [0.2, 0.25) is 5.91 Å². The number of rotatable bonds is 6. The van der Waals surface area contributed by atoms with Gasteiger partial charge in [-0.25, -0.2) is 0 Å². The molecule has 0 saturated heterocycles. The highest BCUT2D eigenvalue weighted by Gasteiger charge is 2.22. The zero-order valence-corrected chi connectivity index (χ0v) is 13.0. The van der Waals surface area contributed by atoms with Gasteiger partial charge in [-0.15, -0.1) is 0 Å². The monoisotopic (exact) mass is 298 g/mol. The molecule has 1 atom stereocenters. The third-order valence-electron chi connectivity index (χ3n) is 3.67. The van der Waals surface area contributed by atoms with E-state index in [1.807, 2.05) is 54.6 Å². The van der Waals surface area contributed by atoms with Crippen molar-refractivity contribution in [2.75, 3.05) is 20.7 Å². The van der Waals surface area contributed by atoms with E-state index in [9.17, 15) is 4.79 Å². The molecule has 0 heterocycles. The van der Waals surface area contributed by atoms with Crippen LogP contribution in [0, 0.1) is 0 Å². The fraction of sp³-hybridized carbons (Fsp3) is 0.278.